The van der Waals surface area contributed by atoms with Gasteiger partial charge in [0.15, 0.2) is 17.3 Å². The maximum atomic E-state index is 14.4. The minimum absolute atomic E-state index is 0.0799. The van der Waals surface area contributed by atoms with E-state index in [1.807, 2.05) is 6.07 Å². The number of unbranched alkanes of at least 4 members (excludes halogenated alkanes) is 5. The van der Waals surface area contributed by atoms with Crippen molar-refractivity contribution in [2.45, 2.75) is 52.4 Å². The first-order chi connectivity index (χ1) is 13.5. The number of aliphatic hydroxyl groups excluding tert-OH is 1. The second-order valence-electron chi connectivity index (χ2n) is 6.98. The topological polar surface area (TPSA) is 46.5 Å². The molecule has 28 heavy (non-hydrogen) atoms. The third-order valence-corrected chi connectivity index (χ3v) is 4.54. The van der Waals surface area contributed by atoms with Crippen molar-refractivity contribution >= 4 is 11.5 Å². The summed E-state index contributed by atoms with van der Waals surface area (Å²) in [7, 11) is 0. The van der Waals surface area contributed by atoms with Gasteiger partial charge in [0.05, 0.1) is 6.61 Å². The number of carbonyl (C=O) groups is 1. The van der Waals surface area contributed by atoms with Crippen LogP contribution < -0.4 is 4.74 Å². The minimum Gasteiger partial charge on any atom is -0.507 e. The molecule has 0 unspecified atom stereocenters. The Morgan fingerprint density at radius 1 is 1.00 bits per heavy atom. The van der Waals surface area contributed by atoms with Gasteiger partial charge in [-0.25, -0.2) is 4.39 Å². The molecule has 0 fully saturated rings. The molecule has 0 saturated heterocycles. The zero-order valence-electron chi connectivity index (χ0n) is 16.7. The molecular weight excluding hydrogens is 355 g/mol. The molecule has 0 atom stereocenters. The monoisotopic (exact) mass is 384 g/mol. The highest BCUT2D eigenvalue weighted by atomic mass is 19.1. The van der Waals surface area contributed by atoms with Gasteiger partial charge in [0.25, 0.3) is 0 Å². The molecule has 0 aliphatic carbocycles. The van der Waals surface area contributed by atoms with E-state index in [2.05, 4.69) is 6.92 Å². The molecule has 0 saturated carbocycles. The Hall–Kier alpha value is -2.62. The van der Waals surface area contributed by atoms with Crippen LogP contribution >= 0.6 is 0 Å². The molecule has 0 radical (unpaired) electrons. The van der Waals surface area contributed by atoms with E-state index in [1.165, 1.54) is 44.7 Å². The van der Waals surface area contributed by atoms with Crippen LogP contribution in [-0.4, -0.2) is 17.5 Å². The Kier molecular flexibility index (Phi) is 8.73. The number of ketones is 1. The molecule has 1 N–H and O–H groups in total. The van der Waals surface area contributed by atoms with Gasteiger partial charge in [0.1, 0.15) is 5.76 Å². The average molecular weight is 384 g/mol. The van der Waals surface area contributed by atoms with Gasteiger partial charge in [-0.15, -0.1) is 0 Å². The van der Waals surface area contributed by atoms with Gasteiger partial charge in [0.2, 0.25) is 0 Å². The van der Waals surface area contributed by atoms with Crippen LogP contribution in [0.2, 0.25) is 0 Å². The van der Waals surface area contributed by atoms with E-state index in [9.17, 15) is 14.3 Å². The molecule has 2 aromatic carbocycles. The molecule has 4 heteroatoms. The van der Waals surface area contributed by atoms with Crippen LogP contribution in [0, 0.1) is 5.82 Å². The van der Waals surface area contributed by atoms with Crippen molar-refractivity contribution < 1.29 is 19.0 Å². The molecule has 0 aliphatic heterocycles. The maximum Gasteiger partial charge on any atom is 0.165 e. The Balaban J connectivity index is 1.93. The highest BCUT2D eigenvalue weighted by Gasteiger charge is 2.07. The smallest absolute Gasteiger partial charge is 0.165 e. The van der Waals surface area contributed by atoms with Crippen molar-refractivity contribution in [1.29, 1.82) is 0 Å². The quantitative estimate of drug-likeness (QED) is 0.266. The van der Waals surface area contributed by atoms with Crippen LogP contribution in [-0.2, 0) is 4.79 Å². The van der Waals surface area contributed by atoms with E-state index >= 15 is 0 Å². The molecule has 3 nitrogen and oxygen atoms in total. The zero-order valence-corrected chi connectivity index (χ0v) is 16.7. The standard InChI is InChI=1S/C24H29FO3/c1-3-4-5-6-7-8-15-28-24-14-13-21(17-22(24)25)19-9-11-20(12-10-19)23(27)16-18(2)26/h9-14,16-17,27H,3-8,15H2,1-2H3/b23-16-. The highest BCUT2D eigenvalue weighted by Crippen LogP contribution is 2.27. The van der Waals surface area contributed by atoms with Gasteiger partial charge < -0.3 is 9.84 Å². The molecule has 0 spiro atoms. The number of rotatable bonds is 11. The fourth-order valence-electron chi connectivity index (χ4n) is 2.97. The number of benzene rings is 2. The third-order valence-electron chi connectivity index (χ3n) is 4.54. The van der Waals surface area contributed by atoms with Gasteiger partial charge in [-0.3, -0.25) is 4.79 Å². The van der Waals surface area contributed by atoms with Crippen molar-refractivity contribution in [3.05, 3.63) is 59.9 Å². The number of aliphatic hydroxyl groups is 1. The lowest BCUT2D eigenvalue weighted by molar-refractivity contribution is -0.112. The summed E-state index contributed by atoms with van der Waals surface area (Å²) in [5.41, 5.74) is 2.09. The Bertz CT molecular complexity index is 794. The Morgan fingerprint density at radius 2 is 1.64 bits per heavy atom. The number of hydrogen-bond donors (Lipinski definition) is 1. The van der Waals surface area contributed by atoms with Gasteiger partial charge in [0, 0.05) is 11.6 Å². The van der Waals surface area contributed by atoms with E-state index in [0.717, 1.165) is 24.0 Å². The first-order valence-electron chi connectivity index (χ1n) is 9.95. The van der Waals surface area contributed by atoms with Crippen molar-refractivity contribution in [2.75, 3.05) is 6.61 Å². The number of ether oxygens (including phenoxy) is 1. The first-order valence-corrected chi connectivity index (χ1v) is 9.95. The summed E-state index contributed by atoms with van der Waals surface area (Å²) < 4.78 is 19.9. The van der Waals surface area contributed by atoms with Gasteiger partial charge in [-0.1, -0.05) is 69.4 Å². The molecule has 2 aromatic rings. The van der Waals surface area contributed by atoms with Crippen LogP contribution in [0.1, 0.15) is 57.9 Å². The zero-order chi connectivity index (χ0) is 20.4. The number of allylic oxidation sites excluding steroid dienone is 1. The number of carbonyl (C=O) groups excluding carboxylic acids is 1. The summed E-state index contributed by atoms with van der Waals surface area (Å²) >= 11 is 0. The van der Waals surface area contributed by atoms with Crippen molar-refractivity contribution in [2.24, 2.45) is 0 Å². The fourth-order valence-corrected chi connectivity index (χ4v) is 2.97. The second-order valence-corrected chi connectivity index (χ2v) is 6.98. The van der Waals surface area contributed by atoms with Gasteiger partial charge in [-0.2, -0.15) is 0 Å². The summed E-state index contributed by atoms with van der Waals surface area (Å²) in [6.45, 7) is 4.10. The van der Waals surface area contributed by atoms with Crippen LogP contribution in [0.3, 0.4) is 0 Å². The Labute approximate surface area is 166 Å². The number of halogens is 1. The van der Waals surface area contributed by atoms with Crippen LogP contribution in [0.25, 0.3) is 16.9 Å². The predicted molar refractivity (Wildman–Crippen MR) is 112 cm³/mol. The predicted octanol–water partition coefficient (Wildman–Crippen LogP) is 6.72. The van der Waals surface area contributed by atoms with Crippen molar-refractivity contribution in [1.82, 2.24) is 0 Å². The van der Waals surface area contributed by atoms with E-state index in [1.54, 1.807) is 30.3 Å². The molecule has 0 bridgehead atoms. The molecular formula is C24H29FO3. The lowest BCUT2D eigenvalue weighted by Crippen LogP contribution is -1.99. The SMILES string of the molecule is CCCCCCCCOc1ccc(-c2ccc(/C(O)=C/C(C)=O)cc2)cc1F. The normalized spacial score (nSPS) is 11.5. The largest absolute Gasteiger partial charge is 0.507 e. The van der Waals surface area contributed by atoms with Gasteiger partial charge >= 0.3 is 0 Å². The number of hydrogen-bond acceptors (Lipinski definition) is 3. The van der Waals surface area contributed by atoms with E-state index < -0.39 is 0 Å². The first kappa shape index (κ1) is 21.7. The summed E-state index contributed by atoms with van der Waals surface area (Å²) in [5, 5.41) is 9.86. The summed E-state index contributed by atoms with van der Waals surface area (Å²) in [6.07, 6.45) is 8.16. The molecule has 2 rings (SSSR count). The fraction of sp³-hybridized carbons (Fsp3) is 0.375. The lowest BCUT2D eigenvalue weighted by Gasteiger charge is -2.09. The van der Waals surface area contributed by atoms with Crippen molar-refractivity contribution in [3.8, 4) is 16.9 Å². The highest BCUT2D eigenvalue weighted by molar-refractivity contribution is 5.93. The summed E-state index contributed by atoms with van der Waals surface area (Å²) in [4.78, 5) is 11.0. The third kappa shape index (κ3) is 6.84. The van der Waals surface area contributed by atoms with Crippen LogP contribution in [0.4, 0.5) is 4.39 Å². The van der Waals surface area contributed by atoms with Crippen LogP contribution in [0.5, 0.6) is 5.75 Å². The van der Waals surface area contributed by atoms with Crippen molar-refractivity contribution in [3.63, 3.8) is 0 Å². The van der Waals surface area contributed by atoms with E-state index in [0.29, 0.717) is 12.2 Å². The average Bonchev–Trinajstić information content (AvgIpc) is 2.68. The van der Waals surface area contributed by atoms with Crippen LogP contribution in [0.15, 0.2) is 48.5 Å². The maximum absolute atomic E-state index is 14.4. The molecule has 0 heterocycles. The van der Waals surface area contributed by atoms with E-state index in [4.69, 9.17) is 4.74 Å². The minimum atomic E-state index is -0.383. The molecule has 0 amide bonds. The Morgan fingerprint density at radius 3 is 2.29 bits per heavy atom. The molecule has 0 aromatic heterocycles. The lowest BCUT2D eigenvalue weighted by atomic mass is 10.0. The van der Waals surface area contributed by atoms with Gasteiger partial charge in [-0.05, 0) is 36.6 Å². The summed E-state index contributed by atoms with van der Waals surface area (Å²) in [6, 6.07) is 11.9. The summed E-state index contributed by atoms with van der Waals surface area (Å²) in [5.74, 6) is -0.410. The molecule has 0 aliphatic rings. The second kappa shape index (κ2) is 11.3. The van der Waals surface area contributed by atoms with E-state index in [-0.39, 0.29) is 23.1 Å². The molecule has 150 valence electrons.